The number of allylic oxidation sites excluding steroid dienone is 1. The van der Waals surface area contributed by atoms with E-state index in [1.54, 1.807) is 18.2 Å². The van der Waals surface area contributed by atoms with E-state index < -0.39 is 4.92 Å². The van der Waals surface area contributed by atoms with Gasteiger partial charge in [-0.25, -0.2) is 0 Å². The first kappa shape index (κ1) is 15.1. The third kappa shape index (κ3) is 3.22. The third-order valence-corrected chi connectivity index (χ3v) is 3.02. The molecule has 2 aromatic carbocycles. The van der Waals surface area contributed by atoms with E-state index in [0.29, 0.717) is 22.4 Å². The first-order valence-corrected chi connectivity index (χ1v) is 6.29. The molecule has 2 aromatic rings. The smallest absolute Gasteiger partial charge is 0.269 e. The molecule has 6 nitrogen and oxygen atoms in total. The Balaban J connectivity index is 2.39. The van der Waals surface area contributed by atoms with Crippen LogP contribution in [0.5, 0.6) is 11.5 Å². The van der Waals surface area contributed by atoms with Crippen molar-refractivity contribution in [1.82, 2.24) is 0 Å². The predicted octanol–water partition coefficient (Wildman–Crippen LogP) is 3.37. The second-order valence-electron chi connectivity index (χ2n) is 4.41. The van der Waals surface area contributed by atoms with Crippen molar-refractivity contribution in [3.05, 3.63) is 63.7 Å². The lowest BCUT2D eigenvalue weighted by molar-refractivity contribution is -0.384. The van der Waals surface area contributed by atoms with Gasteiger partial charge in [0.1, 0.15) is 0 Å². The molecule has 0 saturated heterocycles. The number of phenolic OH excluding ortho intramolecular Hbond substituents is 1. The molecular weight excluding hydrogens is 284 g/mol. The van der Waals surface area contributed by atoms with Crippen molar-refractivity contribution in [2.24, 2.45) is 0 Å². The molecule has 0 aliphatic heterocycles. The molecule has 0 spiro atoms. The Morgan fingerprint density at radius 2 is 2.00 bits per heavy atom. The quantitative estimate of drug-likeness (QED) is 0.404. The van der Waals surface area contributed by atoms with Gasteiger partial charge in [-0.15, -0.1) is 0 Å². The molecule has 0 amide bonds. The minimum Gasteiger partial charge on any atom is -0.504 e. The van der Waals surface area contributed by atoms with Crippen LogP contribution in [0.2, 0.25) is 0 Å². The number of methoxy groups -OCH3 is 1. The Bertz CT molecular complexity index is 774. The number of hydrogen-bond donors (Lipinski definition) is 1. The van der Waals surface area contributed by atoms with Crippen LogP contribution in [0.4, 0.5) is 5.69 Å². The zero-order valence-corrected chi connectivity index (χ0v) is 11.7. The van der Waals surface area contributed by atoms with Gasteiger partial charge >= 0.3 is 0 Å². The van der Waals surface area contributed by atoms with Gasteiger partial charge in [0, 0.05) is 12.1 Å². The molecular formula is C16H12N2O4. The molecule has 22 heavy (non-hydrogen) atoms. The highest BCUT2D eigenvalue weighted by molar-refractivity contribution is 5.90. The summed E-state index contributed by atoms with van der Waals surface area (Å²) in [6.45, 7) is 0. The zero-order chi connectivity index (χ0) is 16.1. The Kier molecular flexibility index (Phi) is 4.39. The van der Waals surface area contributed by atoms with Gasteiger partial charge in [-0.3, -0.25) is 10.1 Å². The molecule has 6 heteroatoms. The number of nitro groups is 1. The summed E-state index contributed by atoms with van der Waals surface area (Å²) in [4.78, 5) is 10.1. The maximum Gasteiger partial charge on any atom is 0.269 e. The van der Waals surface area contributed by atoms with E-state index in [4.69, 9.17) is 4.74 Å². The normalized spacial score (nSPS) is 10.8. The predicted molar refractivity (Wildman–Crippen MR) is 81.2 cm³/mol. The molecule has 0 unspecified atom stereocenters. The number of non-ortho nitro benzene ring substituents is 1. The molecule has 0 fully saturated rings. The van der Waals surface area contributed by atoms with Gasteiger partial charge in [-0.05, 0) is 41.5 Å². The Morgan fingerprint density at radius 1 is 1.32 bits per heavy atom. The van der Waals surface area contributed by atoms with Gasteiger partial charge in [-0.1, -0.05) is 6.07 Å². The lowest BCUT2D eigenvalue weighted by Gasteiger charge is -2.05. The van der Waals surface area contributed by atoms with E-state index in [9.17, 15) is 20.5 Å². The summed E-state index contributed by atoms with van der Waals surface area (Å²) in [6, 6.07) is 12.5. The molecule has 0 saturated carbocycles. The van der Waals surface area contributed by atoms with Crippen LogP contribution in [-0.2, 0) is 0 Å². The zero-order valence-electron chi connectivity index (χ0n) is 11.7. The second-order valence-corrected chi connectivity index (χ2v) is 4.41. The topological polar surface area (TPSA) is 96.4 Å². The maximum atomic E-state index is 10.6. The lowest BCUT2D eigenvalue weighted by Crippen LogP contribution is -1.89. The maximum absolute atomic E-state index is 10.6. The van der Waals surface area contributed by atoms with Crippen LogP contribution in [0.25, 0.3) is 11.6 Å². The SMILES string of the molecule is COc1cc(C=C(C#N)c2ccc([N+](=O)[O-])cc2)ccc1O. The summed E-state index contributed by atoms with van der Waals surface area (Å²) in [5, 5.41) is 29.5. The average molecular weight is 296 g/mol. The largest absolute Gasteiger partial charge is 0.504 e. The monoisotopic (exact) mass is 296 g/mol. The van der Waals surface area contributed by atoms with Crippen LogP contribution in [-0.4, -0.2) is 17.1 Å². The number of nitro benzene ring substituents is 1. The van der Waals surface area contributed by atoms with E-state index in [1.165, 1.54) is 37.4 Å². The Labute approximate surface area is 126 Å². The van der Waals surface area contributed by atoms with E-state index in [1.807, 2.05) is 0 Å². The fourth-order valence-electron chi connectivity index (χ4n) is 1.89. The van der Waals surface area contributed by atoms with E-state index in [0.717, 1.165) is 0 Å². The van der Waals surface area contributed by atoms with E-state index in [-0.39, 0.29) is 11.4 Å². The van der Waals surface area contributed by atoms with Crippen molar-refractivity contribution in [2.75, 3.05) is 7.11 Å². The highest BCUT2D eigenvalue weighted by Gasteiger charge is 2.08. The number of benzene rings is 2. The van der Waals surface area contributed by atoms with Crippen LogP contribution in [0.15, 0.2) is 42.5 Å². The molecule has 0 aliphatic carbocycles. The van der Waals surface area contributed by atoms with Crippen LogP contribution in [0.1, 0.15) is 11.1 Å². The summed E-state index contributed by atoms with van der Waals surface area (Å²) >= 11 is 0. The standard InChI is InChI=1S/C16H12N2O4/c1-22-16-9-11(2-7-15(16)19)8-13(10-17)12-3-5-14(6-4-12)18(20)21/h2-9,19H,1H3. The molecule has 110 valence electrons. The number of ether oxygens (including phenoxy) is 1. The molecule has 1 N–H and O–H groups in total. The summed E-state index contributed by atoms with van der Waals surface area (Å²) in [6.07, 6.45) is 1.61. The fourth-order valence-corrected chi connectivity index (χ4v) is 1.89. The van der Waals surface area contributed by atoms with Crippen LogP contribution in [0, 0.1) is 21.4 Å². The number of phenols is 1. The Morgan fingerprint density at radius 3 is 2.55 bits per heavy atom. The van der Waals surface area contributed by atoms with Gasteiger partial charge in [0.2, 0.25) is 0 Å². The highest BCUT2D eigenvalue weighted by atomic mass is 16.6. The first-order chi connectivity index (χ1) is 10.5. The number of hydrogen-bond acceptors (Lipinski definition) is 5. The molecule has 0 radical (unpaired) electrons. The third-order valence-electron chi connectivity index (χ3n) is 3.02. The molecule has 0 aliphatic rings. The van der Waals surface area contributed by atoms with Crippen molar-refractivity contribution in [1.29, 1.82) is 5.26 Å². The lowest BCUT2D eigenvalue weighted by atomic mass is 10.0. The van der Waals surface area contributed by atoms with Crippen LogP contribution >= 0.6 is 0 Å². The van der Waals surface area contributed by atoms with Crippen LogP contribution in [0.3, 0.4) is 0 Å². The molecule has 0 bridgehead atoms. The van der Waals surface area contributed by atoms with Crippen LogP contribution < -0.4 is 4.74 Å². The number of nitriles is 1. The fraction of sp³-hybridized carbons (Fsp3) is 0.0625. The van der Waals surface area contributed by atoms with E-state index in [2.05, 4.69) is 6.07 Å². The molecule has 0 atom stereocenters. The second kappa shape index (κ2) is 6.41. The van der Waals surface area contributed by atoms with Gasteiger partial charge in [0.25, 0.3) is 5.69 Å². The average Bonchev–Trinajstić information content (AvgIpc) is 2.54. The molecule has 0 aromatic heterocycles. The van der Waals surface area contributed by atoms with Crippen molar-refractivity contribution >= 4 is 17.3 Å². The van der Waals surface area contributed by atoms with Gasteiger partial charge in [0.05, 0.1) is 23.7 Å². The van der Waals surface area contributed by atoms with E-state index >= 15 is 0 Å². The number of rotatable bonds is 4. The van der Waals surface area contributed by atoms with Gasteiger partial charge in [0.15, 0.2) is 11.5 Å². The summed E-state index contributed by atoms with van der Waals surface area (Å²) in [7, 11) is 1.43. The van der Waals surface area contributed by atoms with Gasteiger partial charge in [-0.2, -0.15) is 5.26 Å². The number of nitrogens with zero attached hydrogens (tertiary/aromatic N) is 2. The van der Waals surface area contributed by atoms with Crippen molar-refractivity contribution < 1.29 is 14.8 Å². The first-order valence-electron chi connectivity index (χ1n) is 6.29. The summed E-state index contributed by atoms with van der Waals surface area (Å²) < 4.78 is 5.01. The summed E-state index contributed by atoms with van der Waals surface area (Å²) in [5.74, 6) is 0.309. The highest BCUT2D eigenvalue weighted by Crippen LogP contribution is 2.28. The van der Waals surface area contributed by atoms with Crippen molar-refractivity contribution in [3.63, 3.8) is 0 Å². The number of aromatic hydroxyl groups is 1. The van der Waals surface area contributed by atoms with Crippen molar-refractivity contribution in [3.8, 4) is 17.6 Å². The Hall–Kier alpha value is -3.33. The summed E-state index contributed by atoms with van der Waals surface area (Å²) in [5.41, 5.74) is 1.56. The minimum absolute atomic E-state index is 0.00786. The van der Waals surface area contributed by atoms with Crippen molar-refractivity contribution in [2.45, 2.75) is 0 Å². The molecule has 2 rings (SSSR count). The minimum atomic E-state index is -0.496. The van der Waals surface area contributed by atoms with Gasteiger partial charge < -0.3 is 9.84 Å². The molecule has 0 heterocycles.